The first-order valence-corrected chi connectivity index (χ1v) is 11.2. The molecule has 0 bridgehead atoms. The zero-order valence-corrected chi connectivity index (χ0v) is 18.5. The second-order valence-electron chi connectivity index (χ2n) is 7.62. The summed E-state index contributed by atoms with van der Waals surface area (Å²) in [6.45, 7) is 3.92. The van der Waals surface area contributed by atoms with Crippen molar-refractivity contribution in [1.29, 1.82) is 0 Å². The third kappa shape index (κ3) is 4.24. The lowest BCUT2D eigenvalue weighted by Gasteiger charge is -2.17. The van der Waals surface area contributed by atoms with Crippen molar-refractivity contribution in [3.8, 4) is 11.4 Å². The molecule has 5 nitrogen and oxygen atoms in total. The monoisotopic (exact) mass is 421 g/mol. The lowest BCUT2D eigenvalue weighted by atomic mass is 10.0. The number of aryl methyl sites for hydroxylation is 2. The predicted octanol–water partition coefficient (Wildman–Crippen LogP) is 5.19. The first-order chi connectivity index (χ1) is 14.6. The minimum Gasteiger partial charge on any atom is -0.495 e. The van der Waals surface area contributed by atoms with Gasteiger partial charge in [-0.3, -0.25) is 9.36 Å². The largest absolute Gasteiger partial charge is 0.495 e. The molecule has 156 valence electrons. The van der Waals surface area contributed by atoms with E-state index < -0.39 is 0 Å². The quantitative estimate of drug-likeness (QED) is 0.557. The second-order valence-corrected chi connectivity index (χ2v) is 8.93. The zero-order valence-electron chi connectivity index (χ0n) is 17.6. The molecular formula is C24H27N3O2S. The van der Waals surface area contributed by atoms with Gasteiger partial charge in [-0.05, 0) is 69.4 Å². The van der Waals surface area contributed by atoms with Crippen LogP contribution in [-0.4, -0.2) is 27.8 Å². The summed E-state index contributed by atoms with van der Waals surface area (Å²) in [5.41, 5.74) is 5.31. The molecule has 1 amide bonds. The molecule has 1 aliphatic carbocycles. The smallest absolute Gasteiger partial charge is 0.237 e. The number of methoxy groups -OCH3 is 1. The van der Waals surface area contributed by atoms with Gasteiger partial charge >= 0.3 is 0 Å². The van der Waals surface area contributed by atoms with E-state index in [1.165, 1.54) is 36.0 Å². The number of carbonyl (C=O) groups is 1. The summed E-state index contributed by atoms with van der Waals surface area (Å²) < 4.78 is 7.63. The van der Waals surface area contributed by atoms with E-state index in [0.29, 0.717) is 11.4 Å². The number of nitrogens with zero attached hydrogens (tertiary/aromatic N) is 2. The molecule has 1 N–H and O–H groups in total. The highest BCUT2D eigenvalue weighted by molar-refractivity contribution is 8.00. The summed E-state index contributed by atoms with van der Waals surface area (Å²) in [6, 6.07) is 16.1. The van der Waals surface area contributed by atoms with Crippen molar-refractivity contribution >= 4 is 23.4 Å². The maximum Gasteiger partial charge on any atom is 0.237 e. The Morgan fingerprint density at radius 1 is 1.17 bits per heavy atom. The SMILES string of the molecule is COc1ccc(C)cc1NC(=O)C(C)Sc1nc2c(n1-c1ccccc1)CCCC2. The van der Waals surface area contributed by atoms with Gasteiger partial charge in [0, 0.05) is 11.4 Å². The molecule has 3 aromatic rings. The van der Waals surface area contributed by atoms with Crippen LogP contribution in [0.5, 0.6) is 5.75 Å². The molecular weight excluding hydrogens is 394 g/mol. The Kier molecular flexibility index (Phi) is 6.13. The van der Waals surface area contributed by atoms with E-state index in [0.717, 1.165) is 29.2 Å². The van der Waals surface area contributed by atoms with E-state index in [1.807, 2.05) is 50.2 Å². The molecule has 1 aromatic heterocycles. The number of hydrogen-bond acceptors (Lipinski definition) is 4. The number of nitrogens with one attached hydrogen (secondary N) is 1. The normalized spacial score (nSPS) is 14.1. The zero-order chi connectivity index (χ0) is 21.1. The van der Waals surface area contributed by atoms with E-state index in [9.17, 15) is 4.79 Å². The number of carbonyl (C=O) groups excluding carboxylic acids is 1. The van der Waals surface area contributed by atoms with E-state index in [-0.39, 0.29) is 11.2 Å². The first kappa shape index (κ1) is 20.5. The van der Waals surface area contributed by atoms with E-state index in [2.05, 4.69) is 22.0 Å². The van der Waals surface area contributed by atoms with Crippen LogP contribution in [0.25, 0.3) is 5.69 Å². The number of aromatic nitrogens is 2. The van der Waals surface area contributed by atoms with Crippen LogP contribution >= 0.6 is 11.8 Å². The first-order valence-electron chi connectivity index (χ1n) is 10.3. The Labute approximate surface area is 181 Å². The standard InChI is InChI=1S/C24H27N3O2S/c1-16-13-14-22(29-3)20(15-16)25-23(28)17(2)30-24-26-19-11-7-8-12-21(19)27(24)18-9-5-4-6-10-18/h4-6,9-10,13-15,17H,7-8,11-12H2,1-3H3,(H,25,28). The Morgan fingerprint density at radius 2 is 1.93 bits per heavy atom. The van der Waals surface area contributed by atoms with Crippen molar-refractivity contribution in [2.75, 3.05) is 12.4 Å². The van der Waals surface area contributed by atoms with Crippen molar-refractivity contribution < 1.29 is 9.53 Å². The number of fused-ring (bicyclic) bond motifs is 1. The second kappa shape index (κ2) is 8.96. The highest BCUT2D eigenvalue weighted by atomic mass is 32.2. The predicted molar refractivity (Wildman–Crippen MR) is 122 cm³/mol. The number of hydrogen-bond donors (Lipinski definition) is 1. The molecule has 1 aliphatic rings. The summed E-state index contributed by atoms with van der Waals surface area (Å²) in [4.78, 5) is 17.9. The van der Waals surface area contributed by atoms with Gasteiger partial charge in [0.1, 0.15) is 5.75 Å². The van der Waals surface area contributed by atoms with Crippen LogP contribution < -0.4 is 10.1 Å². The Hall–Kier alpha value is -2.73. The summed E-state index contributed by atoms with van der Waals surface area (Å²) in [7, 11) is 1.61. The van der Waals surface area contributed by atoms with Crippen LogP contribution in [0, 0.1) is 6.92 Å². The van der Waals surface area contributed by atoms with Crippen LogP contribution in [0.1, 0.15) is 36.7 Å². The van der Waals surface area contributed by atoms with Crippen molar-refractivity contribution in [3.63, 3.8) is 0 Å². The lowest BCUT2D eigenvalue weighted by Crippen LogP contribution is -2.23. The highest BCUT2D eigenvalue weighted by Gasteiger charge is 2.25. The lowest BCUT2D eigenvalue weighted by molar-refractivity contribution is -0.115. The Morgan fingerprint density at radius 3 is 2.70 bits per heavy atom. The molecule has 1 heterocycles. The fraction of sp³-hybridized carbons (Fsp3) is 0.333. The summed E-state index contributed by atoms with van der Waals surface area (Å²) in [5, 5.41) is 3.60. The molecule has 1 unspecified atom stereocenters. The third-order valence-corrected chi connectivity index (χ3v) is 6.43. The van der Waals surface area contributed by atoms with Crippen molar-refractivity contribution in [2.24, 2.45) is 0 Å². The van der Waals surface area contributed by atoms with Crippen LogP contribution in [0.3, 0.4) is 0 Å². The molecule has 1 atom stereocenters. The van der Waals surface area contributed by atoms with Crippen LogP contribution in [0.2, 0.25) is 0 Å². The fourth-order valence-electron chi connectivity index (χ4n) is 3.80. The number of imidazole rings is 1. The minimum atomic E-state index is -0.304. The van der Waals surface area contributed by atoms with Crippen LogP contribution in [0.15, 0.2) is 53.7 Å². The fourth-order valence-corrected chi connectivity index (χ4v) is 4.77. The number of para-hydroxylation sites is 1. The molecule has 4 rings (SSSR count). The number of anilines is 1. The maximum absolute atomic E-state index is 13.0. The van der Waals surface area contributed by atoms with Crippen molar-refractivity contribution in [2.45, 2.75) is 49.9 Å². The molecule has 30 heavy (non-hydrogen) atoms. The third-order valence-electron chi connectivity index (χ3n) is 5.38. The van der Waals surface area contributed by atoms with Crippen molar-refractivity contribution in [1.82, 2.24) is 9.55 Å². The number of thioether (sulfide) groups is 1. The molecule has 0 fully saturated rings. The average molecular weight is 422 g/mol. The molecule has 0 aliphatic heterocycles. The number of ether oxygens (including phenoxy) is 1. The van der Waals surface area contributed by atoms with Crippen molar-refractivity contribution in [3.05, 3.63) is 65.5 Å². The molecule has 6 heteroatoms. The van der Waals surface area contributed by atoms with Gasteiger partial charge in [-0.25, -0.2) is 4.98 Å². The van der Waals surface area contributed by atoms with Crippen LogP contribution in [-0.2, 0) is 17.6 Å². The van der Waals surface area contributed by atoms with Gasteiger partial charge < -0.3 is 10.1 Å². The maximum atomic E-state index is 13.0. The van der Waals surface area contributed by atoms with Gasteiger partial charge in [-0.1, -0.05) is 36.0 Å². The van der Waals surface area contributed by atoms with E-state index in [1.54, 1.807) is 7.11 Å². The van der Waals surface area contributed by atoms with Gasteiger partial charge in [-0.2, -0.15) is 0 Å². The molecule has 0 saturated carbocycles. The van der Waals surface area contributed by atoms with Gasteiger partial charge in [0.2, 0.25) is 5.91 Å². The number of amides is 1. The molecule has 0 radical (unpaired) electrons. The number of benzene rings is 2. The molecule has 0 spiro atoms. The Bertz CT molecular complexity index is 1050. The molecule has 0 saturated heterocycles. The highest BCUT2D eigenvalue weighted by Crippen LogP contribution is 2.33. The number of rotatable bonds is 6. The summed E-state index contributed by atoms with van der Waals surface area (Å²) >= 11 is 1.50. The van der Waals surface area contributed by atoms with E-state index in [4.69, 9.17) is 9.72 Å². The van der Waals surface area contributed by atoms with Gasteiger partial charge in [-0.15, -0.1) is 0 Å². The van der Waals surface area contributed by atoms with E-state index >= 15 is 0 Å². The van der Waals surface area contributed by atoms with Gasteiger partial charge in [0.15, 0.2) is 5.16 Å². The topological polar surface area (TPSA) is 56.1 Å². The molecule has 2 aromatic carbocycles. The summed E-state index contributed by atoms with van der Waals surface area (Å²) in [5.74, 6) is 0.594. The van der Waals surface area contributed by atoms with Crippen LogP contribution in [0.4, 0.5) is 5.69 Å². The van der Waals surface area contributed by atoms with Gasteiger partial charge in [0.05, 0.1) is 23.7 Å². The average Bonchev–Trinajstić information content (AvgIpc) is 3.12. The minimum absolute atomic E-state index is 0.0653. The van der Waals surface area contributed by atoms with Gasteiger partial charge in [0.25, 0.3) is 0 Å². The summed E-state index contributed by atoms with van der Waals surface area (Å²) in [6.07, 6.45) is 4.38. The Balaban J connectivity index is 1.59.